The summed E-state index contributed by atoms with van der Waals surface area (Å²) in [5.41, 5.74) is 2.22. The average Bonchev–Trinajstić information content (AvgIpc) is 2.85. The summed E-state index contributed by atoms with van der Waals surface area (Å²) in [6, 6.07) is 0.160. The highest BCUT2D eigenvalue weighted by Crippen LogP contribution is 2.26. The molecule has 1 unspecified atom stereocenters. The minimum absolute atomic E-state index is 0.108. The van der Waals surface area contributed by atoms with E-state index in [0.717, 1.165) is 22.8 Å². The molecule has 0 radical (unpaired) electrons. The third-order valence-electron chi connectivity index (χ3n) is 2.99. The molecule has 2 rings (SSSR count). The fourth-order valence-electron chi connectivity index (χ4n) is 1.77. The zero-order chi connectivity index (χ0) is 13.9. The first-order valence-electron chi connectivity index (χ1n) is 6.39. The SMILES string of the molecule is CNC(Cc1nc(C(C)(C)C)cs1)c1cnccn1. The number of likely N-dealkylation sites (N-methyl/N-ethyl adjacent to an activating group) is 1. The predicted molar refractivity (Wildman–Crippen MR) is 78.4 cm³/mol. The van der Waals surface area contributed by atoms with E-state index in [0.29, 0.717) is 0 Å². The minimum atomic E-state index is 0.108. The van der Waals surface area contributed by atoms with Crippen LogP contribution in [0.15, 0.2) is 24.0 Å². The summed E-state index contributed by atoms with van der Waals surface area (Å²) in [7, 11) is 1.94. The van der Waals surface area contributed by atoms with Crippen LogP contribution < -0.4 is 5.32 Å². The van der Waals surface area contributed by atoms with E-state index in [1.54, 1.807) is 29.9 Å². The molecule has 2 aromatic heterocycles. The maximum Gasteiger partial charge on any atom is 0.0948 e. The Morgan fingerprint density at radius 1 is 1.32 bits per heavy atom. The van der Waals surface area contributed by atoms with Crippen molar-refractivity contribution in [1.82, 2.24) is 20.3 Å². The Kier molecular flexibility index (Phi) is 4.27. The summed E-state index contributed by atoms with van der Waals surface area (Å²) in [6.45, 7) is 6.55. The quantitative estimate of drug-likeness (QED) is 0.933. The Labute approximate surface area is 118 Å². The second-order valence-corrected chi connectivity index (χ2v) is 6.49. The molecule has 19 heavy (non-hydrogen) atoms. The molecule has 0 spiro atoms. The lowest BCUT2D eigenvalue weighted by Gasteiger charge is -2.15. The third kappa shape index (κ3) is 3.58. The number of nitrogens with one attached hydrogen (secondary N) is 1. The van der Waals surface area contributed by atoms with Crippen LogP contribution in [-0.2, 0) is 11.8 Å². The molecular weight excluding hydrogens is 256 g/mol. The van der Waals surface area contributed by atoms with Gasteiger partial charge in [-0.3, -0.25) is 9.97 Å². The summed E-state index contributed by atoms with van der Waals surface area (Å²) in [5.74, 6) is 0. The van der Waals surface area contributed by atoms with Crippen molar-refractivity contribution < 1.29 is 0 Å². The van der Waals surface area contributed by atoms with Crippen molar-refractivity contribution in [3.05, 3.63) is 40.4 Å². The van der Waals surface area contributed by atoms with Crippen LogP contribution in [0, 0.1) is 0 Å². The summed E-state index contributed by atoms with van der Waals surface area (Å²) in [4.78, 5) is 13.2. The van der Waals surface area contributed by atoms with Crippen molar-refractivity contribution >= 4 is 11.3 Å². The van der Waals surface area contributed by atoms with Crippen LogP contribution in [0.5, 0.6) is 0 Å². The first kappa shape index (κ1) is 14.1. The van der Waals surface area contributed by atoms with Gasteiger partial charge in [0.1, 0.15) is 0 Å². The first-order chi connectivity index (χ1) is 9.00. The standard InChI is InChI=1S/C14H20N4S/c1-14(2,3)12-9-19-13(18-12)7-10(15-4)11-8-16-5-6-17-11/h5-6,8-10,15H,7H2,1-4H3. The maximum absolute atomic E-state index is 4.73. The van der Waals surface area contributed by atoms with Crippen LogP contribution >= 0.6 is 11.3 Å². The molecule has 0 saturated heterocycles. The Balaban J connectivity index is 2.13. The molecular formula is C14H20N4S. The molecule has 0 fully saturated rings. The van der Waals surface area contributed by atoms with Gasteiger partial charge in [-0.2, -0.15) is 0 Å². The summed E-state index contributed by atoms with van der Waals surface area (Å²) < 4.78 is 0. The molecule has 0 bridgehead atoms. The van der Waals surface area contributed by atoms with Gasteiger partial charge < -0.3 is 5.32 Å². The van der Waals surface area contributed by atoms with Gasteiger partial charge in [-0.05, 0) is 7.05 Å². The largest absolute Gasteiger partial charge is 0.311 e. The number of hydrogen-bond acceptors (Lipinski definition) is 5. The Morgan fingerprint density at radius 3 is 2.63 bits per heavy atom. The van der Waals surface area contributed by atoms with Gasteiger partial charge in [-0.25, -0.2) is 4.98 Å². The van der Waals surface area contributed by atoms with Gasteiger partial charge in [0.25, 0.3) is 0 Å². The molecule has 1 N–H and O–H groups in total. The van der Waals surface area contributed by atoms with E-state index in [1.165, 1.54) is 0 Å². The van der Waals surface area contributed by atoms with Crippen LogP contribution in [0.1, 0.15) is 43.2 Å². The van der Waals surface area contributed by atoms with Crippen LogP contribution in [0.25, 0.3) is 0 Å². The molecule has 0 aliphatic rings. The van der Waals surface area contributed by atoms with Crippen molar-refractivity contribution in [3.63, 3.8) is 0 Å². The minimum Gasteiger partial charge on any atom is -0.311 e. The van der Waals surface area contributed by atoms with Crippen molar-refractivity contribution in [2.75, 3.05) is 7.05 Å². The molecule has 0 amide bonds. The monoisotopic (exact) mass is 276 g/mol. The molecule has 5 heteroatoms. The summed E-state index contributed by atoms with van der Waals surface area (Å²) in [5, 5.41) is 6.56. The van der Waals surface area contributed by atoms with Gasteiger partial charge >= 0.3 is 0 Å². The van der Waals surface area contributed by atoms with Crippen molar-refractivity contribution in [2.24, 2.45) is 0 Å². The molecule has 0 aliphatic heterocycles. The number of hydrogen-bond donors (Lipinski definition) is 1. The summed E-state index contributed by atoms with van der Waals surface area (Å²) >= 11 is 1.72. The highest BCUT2D eigenvalue weighted by atomic mass is 32.1. The lowest BCUT2D eigenvalue weighted by atomic mass is 9.93. The fraction of sp³-hybridized carbons (Fsp3) is 0.500. The molecule has 0 aliphatic carbocycles. The van der Waals surface area contributed by atoms with E-state index in [4.69, 9.17) is 4.98 Å². The molecule has 102 valence electrons. The van der Waals surface area contributed by atoms with Gasteiger partial charge in [0, 0.05) is 35.8 Å². The zero-order valence-corrected chi connectivity index (χ0v) is 12.7. The van der Waals surface area contributed by atoms with Crippen molar-refractivity contribution in [1.29, 1.82) is 0 Å². The second-order valence-electron chi connectivity index (χ2n) is 5.55. The fourth-order valence-corrected chi connectivity index (χ4v) is 2.84. The van der Waals surface area contributed by atoms with E-state index < -0.39 is 0 Å². The Morgan fingerprint density at radius 2 is 2.11 bits per heavy atom. The Bertz CT molecular complexity index is 516. The van der Waals surface area contributed by atoms with Crippen LogP contribution in [0.3, 0.4) is 0 Å². The van der Waals surface area contributed by atoms with E-state index in [9.17, 15) is 0 Å². The zero-order valence-electron chi connectivity index (χ0n) is 11.8. The lowest BCUT2D eigenvalue weighted by Crippen LogP contribution is -2.20. The molecule has 2 aromatic rings. The van der Waals surface area contributed by atoms with Gasteiger partial charge in [0.2, 0.25) is 0 Å². The van der Waals surface area contributed by atoms with Crippen LogP contribution in [0.2, 0.25) is 0 Å². The summed E-state index contributed by atoms with van der Waals surface area (Å²) in [6.07, 6.45) is 6.06. The molecule has 0 aromatic carbocycles. The lowest BCUT2D eigenvalue weighted by molar-refractivity contribution is 0.553. The van der Waals surface area contributed by atoms with Gasteiger partial charge in [-0.1, -0.05) is 20.8 Å². The van der Waals surface area contributed by atoms with Crippen molar-refractivity contribution in [3.8, 4) is 0 Å². The van der Waals surface area contributed by atoms with E-state index in [-0.39, 0.29) is 11.5 Å². The smallest absolute Gasteiger partial charge is 0.0948 e. The first-order valence-corrected chi connectivity index (χ1v) is 7.26. The van der Waals surface area contributed by atoms with Crippen LogP contribution in [-0.4, -0.2) is 22.0 Å². The van der Waals surface area contributed by atoms with Gasteiger partial charge in [0.15, 0.2) is 0 Å². The highest BCUT2D eigenvalue weighted by molar-refractivity contribution is 7.09. The third-order valence-corrected chi connectivity index (χ3v) is 3.86. The van der Waals surface area contributed by atoms with Crippen molar-refractivity contribution in [2.45, 2.75) is 38.6 Å². The molecule has 1 atom stereocenters. The Hall–Kier alpha value is -1.33. The average molecular weight is 276 g/mol. The van der Waals surface area contributed by atoms with E-state index in [2.05, 4.69) is 41.4 Å². The number of aromatic nitrogens is 3. The van der Waals surface area contributed by atoms with E-state index in [1.807, 2.05) is 7.05 Å². The molecule has 0 saturated carbocycles. The maximum atomic E-state index is 4.73. The number of thiazole rings is 1. The second kappa shape index (κ2) is 5.75. The predicted octanol–water partition coefficient (Wildman–Crippen LogP) is 2.73. The highest BCUT2D eigenvalue weighted by Gasteiger charge is 2.19. The number of nitrogens with zero attached hydrogens (tertiary/aromatic N) is 3. The van der Waals surface area contributed by atoms with Gasteiger partial charge in [0.05, 0.1) is 22.4 Å². The number of rotatable bonds is 4. The van der Waals surface area contributed by atoms with Gasteiger partial charge in [-0.15, -0.1) is 11.3 Å². The topological polar surface area (TPSA) is 50.7 Å². The molecule has 4 nitrogen and oxygen atoms in total. The normalized spacial score (nSPS) is 13.5. The van der Waals surface area contributed by atoms with Crippen LogP contribution in [0.4, 0.5) is 0 Å². The van der Waals surface area contributed by atoms with E-state index >= 15 is 0 Å². The molecule has 2 heterocycles.